The van der Waals surface area contributed by atoms with Crippen LogP contribution in [0.15, 0.2) is 22.7 Å². The van der Waals surface area contributed by atoms with Crippen molar-refractivity contribution >= 4 is 21.9 Å². The summed E-state index contributed by atoms with van der Waals surface area (Å²) in [5.41, 5.74) is 1.23. The van der Waals surface area contributed by atoms with E-state index < -0.39 is 18.4 Å². The van der Waals surface area contributed by atoms with Crippen molar-refractivity contribution < 1.29 is 19.7 Å². The molecule has 2 N–H and O–H groups in total. The summed E-state index contributed by atoms with van der Waals surface area (Å²) in [5, 5.41) is 20.0. The van der Waals surface area contributed by atoms with Crippen LogP contribution < -0.4 is 0 Å². The van der Waals surface area contributed by atoms with Crippen LogP contribution in [0, 0.1) is 0 Å². The zero-order valence-electron chi connectivity index (χ0n) is 9.13. The molecule has 0 bridgehead atoms. The number of ether oxygens (including phenoxy) is 1. The molecular formula is C11H12BrNO4. The second kappa shape index (κ2) is 4.73. The topological polar surface area (TPSA) is 70.0 Å². The van der Waals surface area contributed by atoms with Gasteiger partial charge in [-0.25, -0.2) is 4.90 Å². The van der Waals surface area contributed by atoms with Crippen molar-refractivity contribution in [1.29, 1.82) is 0 Å². The lowest BCUT2D eigenvalue weighted by Gasteiger charge is -2.22. The van der Waals surface area contributed by atoms with Crippen LogP contribution in [0.5, 0.6) is 0 Å². The summed E-state index contributed by atoms with van der Waals surface area (Å²) < 4.78 is 5.60. The first-order chi connectivity index (χ1) is 8.00. The Labute approximate surface area is 107 Å². The van der Waals surface area contributed by atoms with Crippen molar-refractivity contribution in [1.82, 2.24) is 4.90 Å². The molecule has 0 saturated carbocycles. The predicted octanol–water partition coefficient (Wildman–Crippen LogP) is 1.27. The van der Waals surface area contributed by atoms with Crippen molar-refractivity contribution in [2.45, 2.75) is 19.4 Å². The van der Waals surface area contributed by atoms with E-state index in [4.69, 9.17) is 4.74 Å². The molecule has 17 heavy (non-hydrogen) atoms. The van der Waals surface area contributed by atoms with Gasteiger partial charge in [0.2, 0.25) is 0 Å². The van der Waals surface area contributed by atoms with E-state index in [1.54, 1.807) is 18.2 Å². The lowest BCUT2D eigenvalue weighted by Crippen LogP contribution is -2.29. The SMILES string of the molecule is CC(=O)OCN1C(O)c2ccc(Br)cc2C1O. The summed E-state index contributed by atoms with van der Waals surface area (Å²) >= 11 is 3.30. The fourth-order valence-electron chi connectivity index (χ4n) is 1.80. The fourth-order valence-corrected chi connectivity index (χ4v) is 2.18. The maximum Gasteiger partial charge on any atom is 0.303 e. The van der Waals surface area contributed by atoms with Crippen LogP contribution in [-0.4, -0.2) is 27.8 Å². The van der Waals surface area contributed by atoms with Crippen molar-refractivity contribution in [3.63, 3.8) is 0 Å². The monoisotopic (exact) mass is 301 g/mol. The van der Waals surface area contributed by atoms with Crippen LogP contribution in [0.4, 0.5) is 0 Å². The Morgan fingerprint density at radius 1 is 1.41 bits per heavy atom. The van der Waals surface area contributed by atoms with Gasteiger partial charge in [-0.15, -0.1) is 0 Å². The molecule has 0 saturated heterocycles. The van der Waals surface area contributed by atoms with E-state index >= 15 is 0 Å². The third-order valence-corrected chi connectivity index (χ3v) is 3.14. The molecule has 0 amide bonds. The van der Waals surface area contributed by atoms with Crippen LogP contribution in [0.2, 0.25) is 0 Å². The minimum absolute atomic E-state index is 0.149. The van der Waals surface area contributed by atoms with E-state index in [0.29, 0.717) is 11.1 Å². The summed E-state index contributed by atoms with van der Waals surface area (Å²) in [6, 6.07) is 5.24. The smallest absolute Gasteiger partial charge is 0.303 e. The number of carbonyl (C=O) groups excluding carboxylic acids is 1. The highest BCUT2D eigenvalue weighted by atomic mass is 79.9. The van der Waals surface area contributed by atoms with Gasteiger partial charge in [0.25, 0.3) is 0 Å². The second-order valence-corrected chi connectivity index (χ2v) is 4.72. The molecule has 2 atom stereocenters. The van der Waals surface area contributed by atoms with Crippen LogP contribution in [-0.2, 0) is 9.53 Å². The average Bonchev–Trinajstić information content (AvgIpc) is 2.49. The van der Waals surface area contributed by atoms with Gasteiger partial charge in [-0.05, 0) is 12.1 Å². The van der Waals surface area contributed by atoms with Gasteiger partial charge in [0, 0.05) is 22.5 Å². The van der Waals surface area contributed by atoms with Gasteiger partial charge in [0.1, 0.15) is 19.2 Å². The number of fused-ring (bicyclic) bond motifs is 1. The Hall–Kier alpha value is -0.950. The van der Waals surface area contributed by atoms with Crippen molar-refractivity contribution in [3.05, 3.63) is 33.8 Å². The molecule has 0 aromatic heterocycles. The Morgan fingerprint density at radius 3 is 2.71 bits per heavy atom. The quantitative estimate of drug-likeness (QED) is 0.805. The van der Waals surface area contributed by atoms with Gasteiger partial charge in [0.05, 0.1) is 0 Å². The second-order valence-electron chi connectivity index (χ2n) is 3.80. The summed E-state index contributed by atoms with van der Waals surface area (Å²) in [6.07, 6.45) is -1.94. The van der Waals surface area contributed by atoms with E-state index in [9.17, 15) is 15.0 Å². The minimum atomic E-state index is -0.975. The molecule has 1 aliphatic heterocycles. The van der Waals surface area contributed by atoms with E-state index in [1.807, 2.05) is 0 Å². The van der Waals surface area contributed by atoms with Crippen LogP contribution in [0.25, 0.3) is 0 Å². The molecule has 2 unspecified atom stereocenters. The number of esters is 1. The standard InChI is InChI=1S/C11H12BrNO4/c1-6(14)17-5-13-10(15)8-3-2-7(12)4-9(8)11(13)16/h2-4,10-11,15-16H,5H2,1H3. The highest BCUT2D eigenvalue weighted by Crippen LogP contribution is 2.39. The van der Waals surface area contributed by atoms with Gasteiger partial charge < -0.3 is 14.9 Å². The Bertz CT molecular complexity index is 451. The molecule has 0 aliphatic carbocycles. The van der Waals surface area contributed by atoms with Crippen molar-refractivity contribution in [3.8, 4) is 0 Å². The predicted molar refractivity (Wildman–Crippen MR) is 62.5 cm³/mol. The number of hydrogen-bond donors (Lipinski definition) is 2. The fraction of sp³-hybridized carbons (Fsp3) is 0.364. The minimum Gasteiger partial charge on any atom is -0.450 e. The van der Waals surface area contributed by atoms with Crippen LogP contribution in [0.3, 0.4) is 0 Å². The number of halogens is 1. The molecule has 1 aromatic rings. The van der Waals surface area contributed by atoms with Crippen LogP contribution in [0.1, 0.15) is 30.5 Å². The highest BCUT2D eigenvalue weighted by molar-refractivity contribution is 9.10. The van der Waals surface area contributed by atoms with E-state index in [-0.39, 0.29) is 6.73 Å². The molecule has 0 fully saturated rings. The lowest BCUT2D eigenvalue weighted by molar-refractivity contribution is -0.165. The summed E-state index contributed by atoms with van der Waals surface area (Å²) in [7, 11) is 0. The number of rotatable bonds is 2. The first-order valence-corrected chi connectivity index (χ1v) is 5.84. The molecule has 5 nitrogen and oxygen atoms in total. The molecule has 1 aromatic carbocycles. The molecule has 2 rings (SSSR count). The summed E-state index contributed by atoms with van der Waals surface area (Å²) in [4.78, 5) is 12.0. The van der Waals surface area contributed by atoms with Crippen molar-refractivity contribution in [2.24, 2.45) is 0 Å². The molecular weight excluding hydrogens is 290 g/mol. The Morgan fingerprint density at radius 2 is 2.06 bits per heavy atom. The van der Waals surface area contributed by atoms with E-state index in [1.165, 1.54) is 11.8 Å². The number of nitrogens with zero attached hydrogens (tertiary/aromatic N) is 1. The van der Waals surface area contributed by atoms with Crippen molar-refractivity contribution in [2.75, 3.05) is 6.73 Å². The van der Waals surface area contributed by atoms with E-state index in [0.717, 1.165) is 4.47 Å². The Kier molecular flexibility index (Phi) is 3.48. The number of benzene rings is 1. The number of hydrogen-bond acceptors (Lipinski definition) is 5. The first kappa shape index (κ1) is 12.5. The van der Waals surface area contributed by atoms with E-state index in [2.05, 4.69) is 15.9 Å². The molecule has 0 spiro atoms. The average molecular weight is 302 g/mol. The number of aliphatic hydroxyl groups excluding tert-OH is 2. The largest absolute Gasteiger partial charge is 0.450 e. The maximum absolute atomic E-state index is 10.7. The summed E-state index contributed by atoms with van der Waals surface area (Å²) in [6.45, 7) is 1.13. The van der Waals surface area contributed by atoms with Gasteiger partial charge in [-0.2, -0.15) is 0 Å². The number of aliphatic hydroxyl groups is 2. The molecule has 6 heteroatoms. The van der Waals surface area contributed by atoms with Gasteiger partial charge in [0.15, 0.2) is 0 Å². The molecule has 1 aliphatic rings. The van der Waals surface area contributed by atoms with Gasteiger partial charge in [-0.3, -0.25) is 4.79 Å². The molecule has 0 radical (unpaired) electrons. The molecule has 1 heterocycles. The van der Waals surface area contributed by atoms with Gasteiger partial charge in [-0.1, -0.05) is 22.0 Å². The zero-order valence-corrected chi connectivity index (χ0v) is 10.7. The normalized spacial score (nSPS) is 23.5. The number of carbonyl (C=O) groups is 1. The zero-order chi connectivity index (χ0) is 12.6. The summed E-state index contributed by atoms with van der Waals surface area (Å²) in [5.74, 6) is -0.457. The lowest BCUT2D eigenvalue weighted by atomic mass is 10.1. The maximum atomic E-state index is 10.7. The highest BCUT2D eigenvalue weighted by Gasteiger charge is 2.36. The third-order valence-electron chi connectivity index (χ3n) is 2.65. The first-order valence-electron chi connectivity index (χ1n) is 5.05. The van der Waals surface area contributed by atoms with Gasteiger partial charge >= 0.3 is 5.97 Å². The van der Waals surface area contributed by atoms with Crippen LogP contribution >= 0.6 is 15.9 Å². The molecule has 92 valence electrons. The Balaban J connectivity index is 2.22. The third kappa shape index (κ3) is 2.35.